The molecule has 3 aliphatic heterocycles. The van der Waals surface area contributed by atoms with E-state index in [0.717, 1.165) is 41.7 Å². The highest BCUT2D eigenvalue weighted by molar-refractivity contribution is 5.70. The molecule has 0 bridgehead atoms. The first-order valence-corrected chi connectivity index (χ1v) is 12.5. The first-order valence-electron chi connectivity index (χ1n) is 12.5. The molecule has 5 heteroatoms. The molecule has 3 aliphatic rings. The summed E-state index contributed by atoms with van der Waals surface area (Å²) in [5.41, 5.74) is 5.94. The summed E-state index contributed by atoms with van der Waals surface area (Å²) in [5.74, 6) is 3.36. The molecule has 0 radical (unpaired) electrons. The lowest BCUT2D eigenvalue weighted by molar-refractivity contribution is 0.171. The van der Waals surface area contributed by atoms with Crippen molar-refractivity contribution in [3.8, 4) is 23.0 Å². The van der Waals surface area contributed by atoms with Crippen LogP contribution in [0.15, 0.2) is 91.0 Å². The van der Waals surface area contributed by atoms with Gasteiger partial charge in [0.15, 0.2) is 11.5 Å². The highest BCUT2D eigenvalue weighted by atomic mass is 16.6. The minimum Gasteiger partial charge on any atom is -0.492 e. The lowest BCUT2D eigenvalue weighted by Gasteiger charge is -2.26. The van der Waals surface area contributed by atoms with Gasteiger partial charge in [0.2, 0.25) is 0 Å². The van der Waals surface area contributed by atoms with Gasteiger partial charge in [0, 0.05) is 30.4 Å². The summed E-state index contributed by atoms with van der Waals surface area (Å²) in [6.07, 6.45) is 0. The van der Waals surface area contributed by atoms with E-state index in [-0.39, 0.29) is 5.41 Å². The number of ether oxygens (including phenoxy) is 4. The van der Waals surface area contributed by atoms with Crippen LogP contribution >= 0.6 is 0 Å². The Morgan fingerprint density at radius 3 is 2.28 bits per heavy atom. The maximum absolute atomic E-state index is 6.26. The minimum absolute atomic E-state index is 0.222. The van der Waals surface area contributed by atoms with Gasteiger partial charge in [0.25, 0.3) is 0 Å². The van der Waals surface area contributed by atoms with Gasteiger partial charge in [-0.05, 0) is 41.0 Å². The summed E-state index contributed by atoms with van der Waals surface area (Å²) >= 11 is 0. The number of fused-ring (bicyclic) bond motifs is 5. The van der Waals surface area contributed by atoms with E-state index in [2.05, 4.69) is 71.6 Å². The average Bonchev–Trinajstić information content (AvgIpc) is 3.45. The van der Waals surface area contributed by atoms with Gasteiger partial charge in [-0.2, -0.15) is 0 Å². The zero-order valence-corrected chi connectivity index (χ0v) is 20.0. The number of rotatable bonds is 5. The van der Waals surface area contributed by atoms with Crippen molar-refractivity contribution in [1.29, 1.82) is 0 Å². The molecule has 1 atom stereocenters. The lowest BCUT2D eigenvalue weighted by atomic mass is 9.77. The molecule has 0 saturated heterocycles. The predicted octanol–water partition coefficient (Wildman–Crippen LogP) is 5.74. The van der Waals surface area contributed by atoms with Crippen LogP contribution in [0.4, 0.5) is 5.69 Å². The van der Waals surface area contributed by atoms with Crippen LogP contribution in [-0.2, 0) is 18.6 Å². The Kier molecular flexibility index (Phi) is 5.01. The van der Waals surface area contributed by atoms with E-state index >= 15 is 0 Å². The van der Waals surface area contributed by atoms with Crippen molar-refractivity contribution in [1.82, 2.24) is 0 Å². The molecule has 7 rings (SSSR count). The van der Waals surface area contributed by atoms with Crippen molar-refractivity contribution < 1.29 is 18.9 Å². The van der Waals surface area contributed by atoms with Crippen LogP contribution < -0.4 is 23.8 Å². The Balaban J connectivity index is 1.14. The molecular weight excluding hydrogens is 450 g/mol. The molecule has 180 valence electrons. The number of anilines is 1. The van der Waals surface area contributed by atoms with Crippen LogP contribution in [-0.4, -0.2) is 26.4 Å². The maximum Gasteiger partial charge on any atom is 0.165 e. The third-order valence-corrected chi connectivity index (χ3v) is 7.40. The topological polar surface area (TPSA) is 40.2 Å². The number of hydrogen-bond donors (Lipinski definition) is 0. The summed E-state index contributed by atoms with van der Waals surface area (Å²) in [6, 6.07) is 31.5. The molecule has 0 aliphatic carbocycles. The van der Waals surface area contributed by atoms with Crippen LogP contribution in [0.25, 0.3) is 0 Å². The first-order chi connectivity index (χ1) is 17.8. The van der Waals surface area contributed by atoms with E-state index in [4.69, 9.17) is 18.9 Å². The van der Waals surface area contributed by atoms with Crippen molar-refractivity contribution in [3.05, 3.63) is 113 Å². The quantitative estimate of drug-likeness (QED) is 0.367. The van der Waals surface area contributed by atoms with Crippen LogP contribution in [0.1, 0.15) is 22.3 Å². The van der Waals surface area contributed by atoms with Gasteiger partial charge in [-0.3, -0.25) is 0 Å². The molecule has 3 heterocycles. The summed E-state index contributed by atoms with van der Waals surface area (Å²) in [5, 5.41) is 0. The van der Waals surface area contributed by atoms with Crippen LogP contribution in [0.2, 0.25) is 0 Å². The monoisotopic (exact) mass is 477 g/mol. The number of nitrogens with zero attached hydrogens (tertiary/aromatic N) is 1. The van der Waals surface area contributed by atoms with Crippen LogP contribution in [0, 0.1) is 0 Å². The maximum atomic E-state index is 6.26. The fourth-order valence-electron chi connectivity index (χ4n) is 5.64. The van der Waals surface area contributed by atoms with Gasteiger partial charge < -0.3 is 23.8 Å². The van der Waals surface area contributed by atoms with Gasteiger partial charge in [-0.1, -0.05) is 60.7 Å². The smallest absolute Gasteiger partial charge is 0.165 e. The number of benzene rings is 4. The average molecular weight is 478 g/mol. The van der Waals surface area contributed by atoms with E-state index in [1.807, 2.05) is 24.3 Å². The lowest BCUT2D eigenvalue weighted by Crippen LogP contribution is -2.36. The van der Waals surface area contributed by atoms with Crippen molar-refractivity contribution in [3.63, 3.8) is 0 Å². The molecular formula is C31H27NO4. The SMILES string of the molecule is c1ccc(COc2ccc(CN3C[C@]4(COc5cc6c(cc54)OCCO6)c4ccccc43)cc2)cc1. The Morgan fingerprint density at radius 1 is 0.694 bits per heavy atom. The molecule has 0 amide bonds. The van der Waals surface area contributed by atoms with E-state index in [0.29, 0.717) is 26.4 Å². The highest BCUT2D eigenvalue weighted by Gasteiger charge is 2.50. The zero-order chi connectivity index (χ0) is 24.0. The summed E-state index contributed by atoms with van der Waals surface area (Å²) in [4.78, 5) is 2.46. The van der Waals surface area contributed by atoms with Crippen molar-refractivity contribution in [2.45, 2.75) is 18.6 Å². The Hall–Kier alpha value is -4.12. The normalized spacial score (nSPS) is 19.1. The Labute approximate surface area is 210 Å². The minimum atomic E-state index is -0.222. The second kappa shape index (κ2) is 8.52. The third kappa shape index (κ3) is 3.54. The zero-order valence-electron chi connectivity index (χ0n) is 20.0. The van der Waals surface area contributed by atoms with Crippen molar-refractivity contribution in [2.24, 2.45) is 0 Å². The summed E-state index contributed by atoms with van der Waals surface area (Å²) < 4.78 is 24.0. The van der Waals surface area contributed by atoms with Gasteiger partial charge in [-0.25, -0.2) is 0 Å². The van der Waals surface area contributed by atoms with Crippen LogP contribution in [0.5, 0.6) is 23.0 Å². The van der Waals surface area contributed by atoms with Crippen molar-refractivity contribution >= 4 is 5.69 Å². The molecule has 0 aromatic heterocycles. The predicted molar refractivity (Wildman–Crippen MR) is 138 cm³/mol. The molecule has 0 unspecified atom stereocenters. The summed E-state index contributed by atoms with van der Waals surface area (Å²) in [6.45, 7) is 4.00. The molecule has 36 heavy (non-hydrogen) atoms. The van der Waals surface area contributed by atoms with E-state index < -0.39 is 0 Å². The molecule has 0 saturated carbocycles. The molecule has 5 nitrogen and oxygen atoms in total. The van der Waals surface area contributed by atoms with E-state index in [1.165, 1.54) is 22.4 Å². The van der Waals surface area contributed by atoms with Gasteiger partial charge in [0.05, 0.1) is 5.41 Å². The fourth-order valence-corrected chi connectivity index (χ4v) is 5.64. The largest absolute Gasteiger partial charge is 0.492 e. The van der Waals surface area contributed by atoms with Gasteiger partial charge in [-0.15, -0.1) is 0 Å². The number of para-hydroxylation sites is 1. The first kappa shape index (κ1) is 21.2. The number of hydrogen-bond acceptors (Lipinski definition) is 5. The molecule has 1 spiro atoms. The molecule has 4 aromatic carbocycles. The third-order valence-electron chi connectivity index (χ3n) is 7.40. The second-order valence-corrected chi connectivity index (χ2v) is 9.65. The van der Waals surface area contributed by atoms with E-state index in [9.17, 15) is 0 Å². The molecule has 0 N–H and O–H groups in total. The molecule has 4 aromatic rings. The fraction of sp³-hybridized carbons (Fsp3) is 0.226. The standard InChI is InChI=1S/C31H27NO4/c1-2-6-23(7-3-1)19-35-24-12-10-22(11-13-24)18-32-20-31(25-8-4-5-9-27(25)32)21-36-28-17-30-29(16-26(28)31)33-14-15-34-30/h1-13,16-17H,14-15,18-21H2/t31-/m0/s1. The second-order valence-electron chi connectivity index (χ2n) is 9.65. The van der Waals surface area contributed by atoms with E-state index in [1.54, 1.807) is 0 Å². The van der Waals surface area contributed by atoms with Crippen molar-refractivity contribution in [2.75, 3.05) is 31.3 Å². The highest BCUT2D eigenvalue weighted by Crippen LogP contribution is 2.54. The van der Waals surface area contributed by atoms with Gasteiger partial charge >= 0.3 is 0 Å². The molecule has 0 fully saturated rings. The van der Waals surface area contributed by atoms with Gasteiger partial charge in [0.1, 0.15) is 37.9 Å². The Morgan fingerprint density at radius 2 is 1.44 bits per heavy atom. The van der Waals surface area contributed by atoms with Crippen LogP contribution in [0.3, 0.4) is 0 Å². The summed E-state index contributed by atoms with van der Waals surface area (Å²) in [7, 11) is 0. The Bertz CT molecular complexity index is 1400.